The van der Waals surface area contributed by atoms with E-state index in [9.17, 15) is 14.4 Å². The number of carbonyl (C=O) groups is 3. The molecule has 0 aliphatic heterocycles. The van der Waals surface area contributed by atoms with Gasteiger partial charge in [-0.1, -0.05) is 0 Å². The highest BCUT2D eigenvalue weighted by Crippen LogP contribution is 1.96. The van der Waals surface area contributed by atoms with Crippen molar-refractivity contribution in [3.8, 4) is 0 Å². The Balaban J connectivity index is 4.32. The summed E-state index contributed by atoms with van der Waals surface area (Å²) in [6, 6.07) is -0.772. The normalized spacial score (nSPS) is 11.8. The van der Waals surface area contributed by atoms with E-state index in [0.717, 1.165) is 4.90 Å². The third-order valence-electron chi connectivity index (χ3n) is 1.33. The zero-order valence-corrected chi connectivity index (χ0v) is 6.98. The average molecular weight is 173 g/mol. The monoisotopic (exact) mass is 173 g/mol. The summed E-state index contributed by atoms with van der Waals surface area (Å²) >= 11 is 0. The summed E-state index contributed by atoms with van der Waals surface area (Å²) in [5.74, 6) is -0.286. The number of rotatable bonds is 4. The van der Waals surface area contributed by atoms with E-state index in [0.29, 0.717) is 6.29 Å². The highest BCUT2D eigenvalue weighted by atomic mass is 16.4. The Hall–Kier alpha value is -1.39. The number of carboxylic acid groups (broad SMARTS) is 1. The average Bonchev–Trinajstić information content (AvgIpc) is 1.98. The van der Waals surface area contributed by atoms with Crippen LogP contribution in [0.25, 0.3) is 0 Å². The van der Waals surface area contributed by atoms with E-state index in [1.807, 2.05) is 0 Å². The summed E-state index contributed by atoms with van der Waals surface area (Å²) in [7, 11) is 0. The van der Waals surface area contributed by atoms with Gasteiger partial charge in [-0.2, -0.15) is 0 Å². The molecule has 0 aromatic carbocycles. The van der Waals surface area contributed by atoms with Gasteiger partial charge in [0.15, 0.2) is 0 Å². The van der Waals surface area contributed by atoms with Crippen LogP contribution in [0.2, 0.25) is 0 Å². The molecular weight excluding hydrogens is 162 g/mol. The van der Waals surface area contributed by atoms with Crippen LogP contribution in [-0.2, 0) is 9.59 Å². The highest BCUT2D eigenvalue weighted by molar-refractivity contribution is 5.83. The van der Waals surface area contributed by atoms with Gasteiger partial charge in [-0.05, 0) is 13.8 Å². The zero-order valence-electron chi connectivity index (χ0n) is 6.98. The first-order chi connectivity index (χ1) is 5.49. The smallest absolute Gasteiger partial charge is 0.408 e. The van der Waals surface area contributed by atoms with Crippen molar-refractivity contribution in [3.63, 3.8) is 0 Å². The fraction of sp³-hybridized carbons (Fsp3) is 0.571. The second kappa shape index (κ2) is 4.48. The molecule has 0 spiro atoms. The molecule has 5 heteroatoms. The fourth-order valence-corrected chi connectivity index (χ4v) is 0.699. The quantitative estimate of drug-likeness (QED) is 0.614. The molecule has 0 aromatic heterocycles. The van der Waals surface area contributed by atoms with Gasteiger partial charge >= 0.3 is 6.09 Å². The van der Waals surface area contributed by atoms with E-state index in [2.05, 4.69) is 0 Å². The van der Waals surface area contributed by atoms with Crippen molar-refractivity contribution in [2.24, 2.45) is 0 Å². The Morgan fingerprint density at radius 2 is 2.08 bits per heavy atom. The molecule has 0 aromatic rings. The molecule has 0 saturated carbocycles. The topological polar surface area (TPSA) is 74.7 Å². The summed E-state index contributed by atoms with van der Waals surface area (Å²) in [5.41, 5.74) is 0. The van der Waals surface area contributed by atoms with Gasteiger partial charge in [0.1, 0.15) is 12.1 Å². The maximum absolute atomic E-state index is 10.6. The van der Waals surface area contributed by atoms with Crippen LogP contribution in [0, 0.1) is 0 Å². The van der Waals surface area contributed by atoms with Gasteiger partial charge in [-0.15, -0.1) is 0 Å². The van der Waals surface area contributed by atoms with Crippen LogP contribution >= 0.6 is 0 Å². The molecule has 0 aliphatic carbocycles. The number of hydrogen-bond donors (Lipinski definition) is 1. The van der Waals surface area contributed by atoms with Crippen molar-refractivity contribution in [3.05, 3.63) is 0 Å². The SMILES string of the molecule is CC(=O)CN(C(=O)O)C(C)C=O. The van der Waals surface area contributed by atoms with E-state index in [4.69, 9.17) is 5.11 Å². The Morgan fingerprint density at radius 3 is 2.33 bits per heavy atom. The van der Waals surface area contributed by atoms with Gasteiger partial charge in [0.05, 0.1) is 12.6 Å². The van der Waals surface area contributed by atoms with E-state index in [-0.39, 0.29) is 12.3 Å². The number of carbonyl (C=O) groups excluding carboxylic acids is 2. The summed E-state index contributed by atoms with van der Waals surface area (Å²) in [5, 5.41) is 8.54. The van der Waals surface area contributed by atoms with Crippen molar-refractivity contribution in [2.75, 3.05) is 6.54 Å². The number of ketones is 1. The number of amides is 1. The minimum Gasteiger partial charge on any atom is -0.465 e. The molecule has 68 valence electrons. The molecule has 0 aliphatic rings. The first-order valence-electron chi connectivity index (χ1n) is 3.43. The summed E-state index contributed by atoms with van der Waals surface area (Å²) in [4.78, 5) is 32.0. The number of hydrogen-bond acceptors (Lipinski definition) is 3. The van der Waals surface area contributed by atoms with Gasteiger partial charge in [-0.3, -0.25) is 9.69 Å². The van der Waals surface area contributed by atoms with Crippen molar-refractivity contribution in [1.29, 1.82) is 0 Å². The molecule has 0 heterocycles. The predicted octanol–water partition coefficient (Wildman–Crippen LogP) is 0.143. The van der Waals surface area contributed by atoms with Gasteiger partial charge in [-0.25, -0.2) is 4.79 Å². The lowest BCUT2D eigenvalue weighted by Gasteiger charge is -2.20. The Kier molecular flexibility index (Phi) is 3.96. The molecular formula is C7H11NO4. The lowest BCUT2D eigenvalue weighted by molar-refractivity contribution is -0.119. The molecule has 5 nitrogen and oxygen atoms in total. The summed E-state index contributed by atoms with van der Waals surface area (Å²) < 4.78 is 0. The van der Waals surface area contributed by atoms with Crippen LogP contribution in [0.5, 0.6) is 0 Å². The van der Waals surface area contributed by atoms with Crippen LogP contribution in [0.3, 0.4) is 0 Å². The molecule has 1 N–H and O–H groups in total. The van der Waals surface area contributed by atoms with Gasteiger partial charge < -0.3 is 9.90 Å². The number of aldehydes is 1. The van der Waals surface area contributed by atoms with E-state index in [1.165, 1.54) is 13.8 Å². The van der Waals surface area contributed by atoms with Crippen LogP contribution in [-0.4, -0.2) is 40.8 Å². The molecule has 0 saturated heterocycles. The Labute approximate surface area is 70.0 Å². The minimum absolute atomic E-state index is 0.241. The third kappa shape index (κ3) is 3.14. The predicted molar refractivity (Wildman–Crippen MR) is 40.9 cm³/mol. The van der Waals surface area contributed by atoms with Crippen LogP contribution < -0.4 is 0 Å². The maximum atomic E-state index is 10.6. The Bertz CT molecular complexity index is 202. The van der Waals surface area contributed by atoms with Gasteiger partial charge in [0.25, 0.3) is 0 Å². The van der Waals surface area contributed by atoms with Crippen molar-refractivity contribution in [1.82, 2.24) is 4.90 Å². The molecule has 0 bridgehead atoms. The third-order valence-corrected chi connectivity index (χ3v) is 1.33. The second-order valence-corrected chi connectivity index (χ2v) is 2.49. The summed E-state index contributed by atoms with van der Waals surface area (Å²) in [6.45, 7) is 2.45. The van der Waals surface area contributed by atoms with Crippen LogP contribution in [0.15, 0.2) is 0 Å². The highest BCUT2D eigenvalue weighted by Gasteiger charge is 2.19. The van der Waals surface area contributed by atoms with Crippen LogP contribution in [0.4, 0.5) is 4.79 Å². The molecule has 1 unspecified atom stereocenters. The second-order valence-electron chi connectivity index (χ2n) is 2.49. The lowest BCUT2D eigenvalue weighted by atomic mass is 10.3. The van der Waals surface area contributed by atoms with E-state index >= 15 is 0 Å². The van der Waals surface area contributed by atoms with Crippen molar-refractivity contribution < 1.29 is 19.5 Å². The van der Waals surface area contributed by atoms with Crippen LogP contribution in [0.1, 0.15) is 13.8 Å². The molecule has 1 amide bonds. The molecule has 12 heavy (non-hydrogen) atoms. The van der Waals surface area contributed by atoms with E-state index in [1.54, 1.807) is 0 Å². The largest absolute Gasteiger partial charge is 0.465 e. The van der Waals surface area contributed by atoms with Gasteiger partial charge in [0.2, 0.25) is 0 Å². The van der Waals surface area contributed by atoms with Gasteiger partial charge in [0, 0.05) is 0 Å². The molecule has 0 radical (unpaired) electrons. The summed E-state index contributed by atoms with van der Waals surface area (Å²) in [6.07, 6.45) is -0.776. The lowest BCUT2D eigenvalue weighted by Crippen LogP contribution is -2.41. The first-order valence-corrected chi connectivity index (χ1v) is 3.43. The van der Waals surface area contributed by atoms with Crippen molar-refractivity contribution in [2.45, 2.75) is 19.9 Å². The van der Waals surface area contributed by atoms with Crippen molar-refractivity contribution >= 4 is 18.2 Å². The minimum atomic E-state index is -1.26. The first kappa shape index (κ1) is 10.6. The maximum Gasteiger partial charge on any atom is 0.408 e. The fourth-order valence-electron chi connectivity index (χ4n) is 0.699. The Morgan fingerprint density at radius 1 is 1.58 bits per heavy atom. The number of Topliss-reactive ketones (excluding diaryl/α,β-unsaturated/α-hetero) is 1. The standard InChI is InChI=1S/C7H11NO4/c1-5(4-9)8(7(11)12)3-6(2)10/h4-5H,3H2,1-2H3,(H,11,12). The number of nitrogens with zero attached hydrogens (tertiary/aromatic N) is 1. The molecule has 1 atom stereocenters. The zero-order chi connectivity index (χ0) is 9.72. The van der Waals surface area contributed by atoms with E-state index < -0.39 is 12.1 Å². The molecule has 0 fully saturated rings. The molecule has 0 rings (SSSR count).